The van der Waals surface area contributed by atoms with Gasteiger partial charge in [-0.3, -0.25) is 11.3 Å². The van der Waals surface area contributed by atoms with Crippen molar-refractivity contribution in [2.75, 3.05) is 6.26 Å². The van der Waals surface area contributed by atoms with Crippen LogP contribution >= 0.6 is 0 Å². The van der Waals surface area contributed by atoms with Gasteiger partial charge in [0.25, 0.3) is 0 Å². The summed E-state index contributed by atoms with van der Waals surface area (Å²) in [5.74, 6) is 6.27. The molecule has 20 heavy (non-hydrogen) atoms. The Kier molecular flexibility index (Phi) is 5.14. The van der Waals surface area contributed by atoms with Crippen molar-refractivity contribution in [3.8, 4) is 0 Å². The maximum atomic E-state index is 11.8. The Bertz CT molecular complexity index is 416. The normalized spacial score (nSPS) is 32.8. The zero-order valence-electron chi connectivity index (χ0n) is 12.9. The van der Waals surface area contributed by atoms with E-state index in [0.29, 0.717) is 5.92 Å². The zero-order valence-corrected chi connectivity index (χ0v) is 13.7. The molecule has 118 valence electrons. The molecular weight excluding hydrogens is 272 g/mol. The highest BCUT2D eigenvalue weighted by atomic mass is 32.2. The van der Waals surface area contributed by atoms with Gasteiger partial charge in [0.05, 0.1) is 5.25 Å². The summed E-state index contributed by atoms with van der Waals surface area (Å²) in [7, 11) is -2.92. The summed E-state index contributed by atoms with van der Waals surface area (Å²) < 4.78 is 23.7. The monoisotopic (exact) mass is 302 g/mol. The largest absolute Gasteiger partial charge is 0.271 e. The molecule has 0 radical (unpaired) electrons. The first-order valence-electron chi connectivity index (χ1n) is 8.02. The Hall–Kier alpha value is -0.130. The van der Waals surface area contributed by atoms with E-state index in [4.69, 9.17) is 5.84 Å². The van der Waals surface area contributed by atoms with Gasteiger partial charge in [0.1, 0.15) is 9.84 Å². The summed E-state index contributed by atoms with van der Waals surface area (Å²) in [5.41, 5.74) is 3.29. The van der Waals surface area contributed by atoms with Crippen molar-refractivity contribution < 1.29 is 8.42 Å². The number of hydrogen-bond acceptors (Lipinski definition) is 4. The van der Waals surface area contributed by atoms with Crippen LogP contribution in [0.3, 0.4) is 0 Å². The first-order chi connectivity index (χ1) is 9.37. The fraction of sp³-hybridized carbons (Fsp3) is 1.00. The van der Waals surface area contributed by atoms with E-state index in [2.05, 4.69) is 12.3 Å². The summed E-state index contributed by atoms with van der Waals surface area (Å²) in [4.78, 5) is 0. The summed E-state index contributed by atoms with van der Waals surface area (Å²) in [5, 5.41) is -0.163. The molecule has 0 spiro atoms. The standard InChI is InChI=1S/C15H30N2O2S/c1-15(9-4-3-5-10-15)14(17-16)12-7-6-8-13(11-12)20(2,18)19/h12-14,17H,3-11,16H2,1-2H3. The molecule has 3 N–H and O–H groups in total. The lowest BCUT2D eigenvalue weighted by Crippen LogP contribution is -2.53. The molecule has 0 aromatic carbocycles. The van der Waals surface area contributed by atoms with E-state index in [1.54, 1.807) is 0 Å². The van der Waals surface area contributed by atoms with Crippen LogP contribution in [0.2, 0.25) is 0 Å². The van der Waals surface area contributed by atoms with E-state index in [1.165, 1.54) is 38.4 Å². The van der Waals surface area contributed by atoms with Gasteiger partial charge in [0.2, 0.25) is 0 Å². The van der Waals surface area contributed by atoms with E-state index in [-0.39, 0.29) is 16.7 Å². The van der Waals surface area contributed by atoms with Crippen molar-refractivity contribution >= 4 is 9.84 Å². The van der Waals surface area contributed by atoms with Crippen molar-refractivity contribution in [2.24, 2.45) is 17.2 Å². The minimum absolute atomic E-state index is 0.163. The molecule has 3 unspecified atom stereocenters. The quantitative estimate of drug-likeness (QED) is 0.618. The minimum atomic E-state index is -2.92. The average molecular weight is 302 g/mol. The van der Waals surface area contributed by atoms with Crippen molar-refractivity contribution in [3.05, 3.63) is 0 Å². The Morgan fingerprint density at radius 3 is 2.35 bits per heavy atom. The summed E-state index contributed by atoms with van der Waals surface area (Å²) in [6.45, 7) is 2.33. The second-order valence-electron chi connectivity index (χ2n) is 7.24. The third kappa shape index (κ3) is 3.55. The number of hydrogen-bond donors (Lipinski definition) is 2. The molecule has 2 saturated carbocycles. The lowest BCUT2D eigenvalue weighted by molar-refractivity contribution is 0.0862. The second kappa shape index (κ2) is 6.32. The molecule has 0 aromatic heterocycles. The van der Waals surface area contributed by atoms with Crippen LogP contribution in [0.5, 0.6) is 0 Å². The van der Waals surface area contributed by atoms with Gasteiger partial charge in [0, 0.05) is 12.3 Å². The molecular formula is C15H30N2O2S. The van der Waals surface area contributed by atoms with Crippen LogP contribution in [0.15, 0.2) is 0 Å². The third-order valence-electron chi connectivity index (χ3n) is 5.67. The number of hydrazine groups is 1. The number of nitrogens with two attached hydrogens (primary N) is 1. The molecule has 5 heteroatoms. The molecule has 0 heterocycles. The van der Waals surface area contributed by atoms with Gasteiger partial charge in [-0.15, -0.1) is 0 Å². The molecule has 0 aliphatic heterocycles. The predicted octanol–water partition coefficient (Wildman–Crippen LogP) is 2.39. The molecule has 0 bridgehead atoms. The molecule has 2 rings (SSSR count). The lowest BCUT2D eigenvalue weighted by atomic mass is 9.64. The molecule has 4 nitrogen and oxygen atoms in total. The Morgan fingerprint density at radius 2 is 1.80 bits per heavy atom. The predicted molar refractivity (Wildman–Crippen MR) is 82.9 cm³/mol. The highest BCUT2D eigenvalue weighted by Gasteiger charge is 2.42. The summed E-state index contributed by atoms with van der Waals surface area (Å²) >= 11 is 0. The van der Waals surface area contributed by atoms with Gasteiger partial charge in [-0.1, -0.05) is 32.6 Å². The maximum Gasteiger partial charge on any atom is 0.150 e. The van der Waals surface area contributed by atoms with Gasteiger partial charge in [-0.2, -0.15) is 0 Å². The van der Waals surface area contributed by atoms with E-state index < -0.39 is 9.84 Å². The number of sulfone groups is 1. The van der Waals surface area contributed by atoms with Gasteiger partial charge in [-0.25, -0.2) is 8.42 Å². The molecule has 0 saturated heterocycles. The van der Waals surface area contributed by atoms with Gasteiger partial charge in [-0.05, 0) is 43.4 Å². The van der Waals surface area contributed by atoms with Gasteiger partial charge < -0.3 is 0 Å². The van der Waals surface area contributed by atoms with Crippen molar-refractivity contribution in [3.63, 3.8) is 0 Å². The summed E-state index contributed by atoms with van der Waals surface area (Å²) in [6, 6.07) is 0.257. The van der Waals surface area contributed by atoms with Crippen molar-refractivity contribution in [2.45, 2.75) is 76.0 Å². The Labute approximate surface area is 123 Å². The highest BCUT2D eigenvalue weighted by Crippen LogP contribution is 2.44. The fourth-order valence-electron chi connectivity index (χ4n) is 4.45. The number of rotatable bonds is 4. The molecule has 2 aliphatic rings. The molecule has 2 aliphatic carbocycles. The van der Waals surface area contributed by atoms with Crippen LogP contribution in [0.25, 0.3) is 0 Å². The minimum Gasteiger partial charge on any atom is -0.271 e. The first kappa shape index (κ1) is 16.2. The van der Waals surface area contributed by atoms with Crippen LogP contribution < -0.4 is 11.3 Å². The molecule has 3 atom stereocenters. The topological polar surface area (TPSA) is 72.2 Å². The second-order valence-corrected chi connectivity index (χ2v) is 9.56. The molecule has 2 fully saturated rings. The van der Waals surface area contributed by atoms with Crippen LogP contribution in [0.1, 0.15) is 64.7 Å². The lowest BCUT2D eigenvalue weighted by Gasteiger charge is -2.46. The van der Waals surface area contributed by atoms with E-state index in [9.17, 15) is 8.42 Å². The van der Waals surface area contributed by atoms with E-state index >= 15 is 0 Å². The third-order valence-corrected chi connectivity index (χ3v) is 7.31. The zero-order chi connectivity index (χ0) is 14.8. The van der Waals surface area contributed by atoms with E-state index in [0.717, 1.165) is 25.7 Å². The number of nitrogens with one attached hydrogen (secondary N) is 1. The van der Waals surface area contributed by atoms with Crippen LogP contribution in [0.4, 0.5) is 0 Å². The van der Waals surface area contributed by atoms with Gasteiger partial charge in [0.15, 0.2) is 0 Å². The maximum absolute atomic E-state index is 11.8. The highest BCUT2D eigenvalue weighted by molar-refractivity contribution is 7.91. The smallest absolute Gasteiger partial charge is 0.150 e. The van der Waals surface area contributed by atoms with Crippen LogP contribution in [-0.4, -0.2) is 26.0 Å². The van der Waals surface area contributed by atoms with Crippen molar-refractivity contribution in [1.82, 2.24) is 5.43 Å². The summed E-state index contributed by atoms with van der Waals surface area (Å²) in [6.07, 6.45) is 11.4. The Balaban J connectivity index is 2.10. The molecule has 0 aromatic rings. The Morgan fingerprint density at radius 1 is 1.15 bits per heavy atom. The van der Waals surface area contributed by atoms with Gasteiger partial charge >= 0.3 is 0 Å². The molecule has 0 amide bonds. The SMILES string of the molecule is CC1(C(NN)C2CCCC(S(C)(=O)=O)C2)CCCCC1. The van der Waals surface area contributed by atoms with E-state index in [1.807, 2.05) is 0 Å². The van der Waals surface area contributed by atoms with Crippen LogP contribution in [-0.2, 0) is 9.84 Å². The van der Waals surface area contributed by atoms with Crippen molar-refractivity contribution in [1.29, 1.82) is 0 Å². The average Bonchev–Trinajstić information content (AvgIpc) is 2.39. The van der Waals surface area contributed by atoms with Crippen LogP contribution in [0, 0.1) is 11.3 Å². The first-order valence-corrected chi connectivity index (χ1v) is 9.97. The fourth-order valence-corrected chi connectivity index (χ4v) is 5.64.